The first-order valence-electron chi connectivity index (χ1n) is 9.72. The topological polar surface area (TPSA) is 61.4 Å². The second-order valence-corrected chi connectivity index (χ2v) is 7.93. The molecule has 136 valence electrons. The van der Waals surface area contributed by atoms with Crippen LogP contribution >= 0.6 is 0 Å². The predicted octanol–water partition coefficient (Wildman–Crippen LogP) is 1.92. The Balaban J connectivity index is 1.54. The molecule has 1 aromatic rings. The lowest BCUT2D eigenvalue weighted by molar-refractivity contribution is -0.120. The fourth-order valence-electron chi connectivity index (χ4n) is 4.73. The first-order chi connectivity index (χ1) is 12.2. The number of hydrogen-bond acceptors (Lipinski definition) is 5. The minimum absolute atomic E-state index is 0.0458. The maximum atomic E-state index is 11.8. The van der Waals surface area contributed by atoms with Crippen molar-refractivity contribution in [1.29, 1.82) is 0 Å². The van der Waals surface area contributed by atoms with Crippen LogP contribution in [0.3, 0.4) is 0 Å². The molecule has 1 N–H and O–H groups in total. The van der Waals surface area contributed by atoms with Crippen LogP contribution < -0.4 is 10.2 Å². The second kappa shape index (κ2) is 6.90. The molecular formula is C19H29N5O. The number of nitrogens with one attached hydrogen (secondary N) is 1. The number of carbonyl (C=O) groups is 1. The molecule has 0 unspecified atom stereocenters. The molecule has 6 heteroatoms. The van der Waals surface area contributed by atoms with Crippen LogP contribution in [0.4, 0.5) is 5.95 Å². The zero-order valence-electron chi connectivity index (χ0n) is 15.2. The molecule has 0 bridgehead atoms. The van der Waals surface area contributed by atoms with Gasteiger partial charge >= 0.3 is 0 Å². The number of hydrogen-bond donors (Lipinski definition) is 1. The summed E-state index contributed by atoms with van der Waals surface area (Å²) in [6.07, 6.45) is 9.61. The van der Waals surface area contributed by atoms with Gasteiger partial charge in [0.25, 0.3) is 0 Å². The number of piperazine rings is 1. The smallest absolute Gasteiger partial charge is 0.225 e. The molecule has 3 fully saturated rings. The van der Waals surface area contributed by atoms with E-state index in [0.29, 0.717) is 12.3 Å². The highest BCUT2D eigenvalue weighted by Gasteiger charge is 2.41. The lowest BCUT2D eigenvalue weighted by Crippen LogP contribution is -2.61. The van der Waals surface area contributed by atoms with E-state index in [-0.39, 0.29) is 11.4 Å². The molecular weight excluding hydrogens is 314 g/mol. The summed E-state index contributed by atoms with van der Waals surface area (Å²) in [6, 6.07) is 2.10. The van der Waals surface area contributed by atoms with Crippen LogP contribution in [0, 0.1) is 0 Å². The van der Waals surface area contributed by atoms with Crippen molar-refractivity contribution in [2.24, 2.45) is 0 Å². The number of amides is 1. The van der Waals surface area contributed by atoms with Gasteiger partial charge in [-0.25, -0.2) is 9.97 Å². The van der Waals surface area contributed by atoms with Gasteiger partial charge in [0.05, 0.1) is 0 Å². The van der Waals surface area contributed by atoms with E-state index in [0.717, 1.165) is 45.0 Å². The van der Waals surface area contributed by atoms with Gasteiger partial charge in [0, 0.05) is 55.9 Å². The fourth-order valence-corrected chi connectivity index (χ4v) is 4.73. The molecule has 0 radical (unpaired) electrons. The van der Waals surface area contributed by atoms with Gasteiger partial charge in [-0.15, -0.1) is 0 Å². The van der Waals surface area contributed by atoms with Crippen LogP contribution in [0.1, 0.15) is 56.6 Å². The number of carbonyl (C=O) groups excluding carboxylic acids is 1. The molecule has 6 nitrogen and oxygen atoms in total. The van der Waals surface area contributed by atoms with Crippen molar-refractivity contribution in [2.75, 3.05) is 38.1 Å². The normalized spacial score (nSPS) is 29.0. The minimum Gasteiger partial charge on any atom is -0.356 e. The molecule has 3 aliphatic rings. The van der Waals surface area contributed by atoms with Crippen LogP contribution in [-0.4, -0.2) is 59.5 Å². The summed E-state index contributed by atoms with van der Waals surface area (Å²) in [7, 11) is 2.20. The summed E-state index contributed by atoms with van der Waals surface area (Å²) < 4.78 is 0. The lowest BCUT2D eigenvalue weighted by atomic mass is 9.86. The highest BCUT2D eigenvalue weighted by Crippen LogP contribution is 2.35. The SMILES string of the molecule is CN1CCN(c2nccc(C3CCCC3)n2)C[C@@]12CCNC(=O)CC2. The van der Waals surface area contributed by atoms with E-state index in [1.807, 2.05) is 6.20 Å². The Morgan fingerprint density at radius 3 is 2.92 bits per heavy atom. The number of rotatable bonds is 2. The number of anilines is 1. The highest BCUT2D eigenvalue weighted by molar-refractivity contribution is 5.76. The minimum atomic E-state index is 0.0458. The van der Waals surface area contributed by atoms with Gasteiger partial charge in [0.15, 0.2) is 0 Å². The monoisotopic (exact) mass is 343 g/mol. The Hall–Kier alpha value is -1.69. The summed E-state index contributed by atoms with van der Waals surface area (Å²) in [5, 5.41) is 3.02. The summed E-state index contributed by atoms with van der Waals surface area (Å²) in [6.45, 7) is 3.62. The molecule has 4 rings (SSSR count). The van der Waals surface area contributed by atoms with Crippen molar-refractivity contribution in [1.82, 2.24) is 20.2 Å². The molecule has 1 spiro atoms. The largest absolute Gasteiger partial charge is 0.356 e. The quantitative estimate of drug-likeness (QED) is 0.889. The Kier molecular flexibility index (Phi) is 4.63. The van der Waals surface area contributed by atoms with Gasteiger partial charge in [-0.05, 0) is 38.8 Å². The van der Waals surface area contributed by atoms with E-state index in [1.165, 1.54) is 31.4 Å². The first-order valence-corrected chi connectivity index (χ1v) is 9.72. The molecule has 1 atom stereocenters. The summed E-state index contributed by atoms with van der Waals surface area (Å²) >= 11 is 0. The zero-order chi connectivity index (χ0) is 17.3. The fraction of sp³-hybridized carbons (Fsp3) is 0.737. The third-order valence-electron chi connectivity index (χ3n) is 6.45. The summed E-state index contributed by atoms with van der Waals surface area (Å²) in [5.41, 5.74) is 1.26. The average Bonchev–Trinajstić information content (AvgIpc) is 3.10. The Morgan fingerprint density at radius 2 is 2.08 bits per heavy atom. The van der Waals surface area contributed by atoms with Crippen molar-refractivity contribution < 1.29 is 4.79 Å². The second-order valence-electron chi connectivity index (χ2n) is 7.93. The van der Waals surface area contributed by atoms with Crippen LogP contribution in [0.25, 0.3) is 0 Å². The van der Waals surface area contributed by atoms with Crippen molar-refractivity contribution in [3.05, 3.63) is 18.0 Å². The molecule has 2 aliphatic heterocycles. The molecule has 1 saturated carbocycles. The molecule has 2 saturated heterocycles. The molecule has 1 aliphatic carbocycles. The van der Waals surface area contributed by atoms with Crippen molar-refractivity contribution in [3.8, 4) is 0 Å². The van der Waals surface area contributed by atoms with Gasteiger partial charge in [-0.1, -0.05) is 12.8 Å². The van der Waals surface area contributed by atoms with Crippen molar-refractivity contribution in [2.45, 2.75) is 56.4 Å². The van der Waals surface area contributed by atoms with Gasteiger partial charge in [-0.3, -0.25) is 9.69 Å². The van der Waals surface area contributed by atoms with E-state index in [9.17, 15) is 4.79 Å². The van der Waals surface area contributed by atoms with Crippen LogP contribution in [0.15, 0.2) is 12.3 Å². The Morgan fingerprint density at radius 1 is 1.24 bits per heavy atom. The van der Waals surface area contributed by atoms with E-state index in [1.54, 1.807) is 0 Å². The molecule has 0 aromatic carbocycles. The van der Waals surface area contributed by atoms with E-state index in [4.69, 9.17) is 4.98 Å². The van der Waals surface area contributed by atoms with Crippen molar-refractivity contribution >= 4 is 11.9 Å². The van der Waals surface area contributed by atoms with E-state index in [2.05, 4.69) is 33.2 Å². The third kappa shape index (κ3) is 3.36. The molecule has 1 amide bonds. The van der Waals surface area contributed by atoms with Gasteiger partial charge < -0.3 is 10.2 Å². The number of nitrogens with zero attached hydrogens (tertiary/aromatic N) is 4. The van der Waals surface area contributed by atoms with E-state index < -0.39 is 0 Å². The third-order valence-corrected chi connectivity index (χ3v) is 6.45. The number of aromatic nitrogens is 2. The maximum absolute atomic E-state index is 11.8. The molecule has 3 heterocycles. The summed E-state index contributed by atoms with van der Waals surface area (Å²) in [4.78, 5) is 26.1. The summed E-state index contributed by atoms with van der Waals surface area (Å²) in [5.74, 6) is 1.67. The maximum Gasteiger partial charge on any atom is 0.225 e. The lowest BCUT2D eigenvalue weighted by Gasteiger charge is -2.49. The standard InChI is InChI=1S/C19H29N5O/c1-23-12-13-24(14-19(23)8-6-17(25)20-11-9-19)18-21-10-7-16(22-18)15-4-2-3-5-15/h7,10,15H,2-6,8-9,11-14H2,1H3,(H,20,25)/t19-/m1/s1. The average molecular weight is 343 g/mol. The van der Waals surface area contributed by atoms with Crippen molar-refractivity contribution in [3.63, 3.8) is 0 Å². The Bertz CT molecular complexity index is 630. The van der Waals surface area contributed by atoms with E-state index >= 15 is 0 Å². The highest BCUT2D eigenvalue weighted by atomic mass is 16.1. The molecule has 1 aromatic heterocycles. The van der Waals surface area contributed by atoms with Crippen LogP contribution in [-0.2, 0) is 4.79 Å². The van der Waals surface area contributed by atoms with Gasteiger partial charge in [-0.2, -0.15) is 0 Å². The number of likely N-dealkylation sites (N-methyl/N-ethyl adjacent to an activating group) is 1. The Labute approximate surface area is 150 Å². The van der Waals surface area contributed by atoms with Gasteiger partial charge in [0.1, 0.15) is 0 Å². The van der Waals surface area contributed by atoms with Gasteiger partial charge in [0.2, 0.25) is 11.9 Å². The van der Waals surface area contributed by atoms with Crippen LogP contribution in [0.5, 0.6) is 0 Å². The van der Waals surface area contributed by atoms with Crippen LogP contribution in [0.2, 0.25) is 0 Å². The zero-order valence-corrected chi connectivity index (χ0v) is 15.2. The predicted molar refractivity (Wildman–Crippen MR) is 97.7 cm³/mol. The molecule has 25 heavy (non-hydrogen) atoms. The first kappa shape index (κ1) is 16.8.